The Morgan fingerprint density at radius 3 is 2.82 bits per heavy atom. The molecular formula is C16H16N4O2. The lowest BCUT2D eigenvalue weighted by Gasteiger charge is -2.07. The van der Waals surface area contributed by atoms with Gasteiger partial charge in [0.1, 0.15) is 0 Å². The summed E-state index contributed by atoms with van der Waals surface area (Å²) in [7, 11) is 0. The number of fused-ring (bicyclic) bond motifs is 1. The summed E-state index contributed by atoms with van der Waals surface area (Å²) in [5.74, 6) is -0.423. The molecule has 2 amide bonds. The highest BCUT2D eigenvalue weighted by Crippen LogP contribution is 2.37. The molecule has 6 heteroatoms. The molecule has 2 aromatic rings. The van der Waals surface area contributed by atoms with Crippen molar-refractivity contribution in [1.82, 2.24) is 4.98 Å². The molecule has 0 spiro atoms. The van der Waals surface area contributed by atoms with Gasteiger partial charge in [-0.15, -0.1) is 0 Å². The van der Waals surface area contributed by atoms with Gasteiger partial charge in [-0.3, -0.25) is 9.59 Å². The van der Waals surface area contributed by atoms with E-state index in [4.69, 9.17) is 5.73 Å². The van der Waals surface area contributed by atoms with Gasteiger partial charge in [-0.1, -0.05) is 0 Å². The Morgan fingerprint density at radius 1 is 1.32 bits per heavy atom. The zero-order chi connectivity index (χ0) is 15.7. The van der Waals surface area contributed by atoms with Crippen LogP contribution >= 0.6 is 0 Å². The van der Waals surface area contributed by atoms with E-state index in [-0.39, 0.29) is 18.4 Å². The van der Waals surface area contributed by atoms with Crippen LogP contribution < -0.4 is 16.4 Å². The van der Waals surface area contributed by atoms with Crippen LogP contribution in [0.3, 0.4) is 0 Å². The molecule has 1 aromatic carbocycles. The second-order valence-corrected chi connectivity index (χ2v) is 5.05. The lowest BCUT2D eigenvalue weighted by atomic mass is 9.99. The van der Waals surface area contributed by atoms with Crippen molar-refractivity contribution in [3.8, 4) is 0 Å². The van der Waals surface area contributed by atoms with Crippen LogP contribution in [0.15, 0.2) is 36.5 Å². The van der Waals surface area contributed by atoms with Gasteiger partial charge in [0.05, 0.1) is 12.1 Å². The second-order valence-electron chi connectivity index (χ2n) is 5.05. The maximum atomic E-state index is 12.3. The smallest absolute Gasteiger partial charge is 0.256 e. The highest BCUT2D eigenvalue weighted by molar-refractivity contribution is 6.36. The third-order valence-electron chi connectivity index (χ3n) is 3.61. The lowest BCUT2D eigenvalue weighted by Crippen LogP contribution is -2.21. The first-order valence-corrected chi connectivity index (χ1v) is 6.90. The van der Waals surface area contributed by atoms with E-state index in [1.165, 1.54) is 0 Å². The summed E-state index contributed by atoms with van der Waals surface area (Å²) >= 11 is 0. The van der Waals surface area contributed by atoms with Gasteiger partial charge < -0.3 is 21.4 Å². The van der Waals surface area contributed by atoms with Crippen LogP contribution in [0.4, 0.5) is 11.4 Å². The molecule has 112 valence electrons. The molecule has 0 unspecified atom stereocenters. The third-order valence-corrected chi connectivity index (χ3v) is 3.61. The van der Waals surface area contributed by atoms with Gasteiger partial charge in [-0.25, -0.2) is 0 Å². The first-order chi connectivity index (χ1) is 10.6. The van der Waals surface area contributed by atoms with E-state index in [0.717, 1.165) is 22.5 Å². The van der Waals surface area contributed by atoms with E-state index in [1.54, 1.807) is 18.2 Å². The Balaban J connectivity index is 2.06. The first kappa shape index (κ1) is 14.1. The molecule has 0 fully saturated rings. The number of H-pyrrole nitrogens is 1. The molecule has 0 radical (unpaired) electrons. The zero-order valence-electron chi connectivity index (χ0n) is 12.1. The van der Waals surface area contributed by atoms with Crippen LogP contribution in [0.5, 0.6) is 0 Å². The molecule has 1 aliphatic rings. The number of hydrogen-bond acceptors (Lipinski definition) is 3. The van der Waals surface area contributed by atoms with Crippen molar-refractivity contribution in [1.29, 1.82) is 0 Å². The number of nitrogens with one attached hydrogen (secondary N) is 3. The number of allylic oxidation sites excluding steroid dienone is 1. The molecular weight excluding hydrogens is 280 g/mol. The highest BCUT2D eigenvalue weighted by atomic mass is 16.2. The Bertz CT molecular complexity index is 775. The molecule has 1 aliphatic heterocycles. The van der Waals surface area contributed by atoms with Gasteiger partial charge in [0.15, 0.2) is 0 Å². The number of amides is 2. The van der Waals surface area contributed by atoms with E-state index < -0.39 is 0 Å². The zero-order valence-corrected chi connectivity index (χ0v) is 12.1. The molecule has 0 aliphatic carbocycles. The maximum Gasteiger partial charge on any atom is 0.256 e. The average Bonchev–Trinajstić information content (AvgIpc) is 3.13. The normalized spacial score (nSPS) is 15.3. The van der Waals surface area contributed by atoms with Gasteiger partial charge in [-0.2, -0.15) is 0 Å². The van der Waals surface area contributed by atoms with Crippen molar-refractivity contribution < 1.29 is 9.59 Å². The van der Waals surface area contributed by atoms with Crippen molar-refractivity contribution in [3.05, 3.63) is 47.8 Å². The van der Waals surface area contributed by atoms with Crippen molar-refractivity contribution in [2.24, 2.45) is 5.73 Å². The van der Waals surface area contributed by atoms with Gasteiger partial charge in [0, 0.05) is 28.8 Å². The Hall–Kier alpha value is -2.86. The quantitative estimate of drug-likeness (QED) is 0.650. The van der Waals surface area contributed by atoms with Crippen LogP contribution in [0.2, 0.25) is 0 Å². The van der Waals surface area contributed by atoms with Crippen molar-refractivity contribution in [2.45, 2.75) is 6.92 Å². The minimum Gasteiger partial charge on any atom is -0.361 e. The summed E-state index contributed by atoms with van der Waals surface area (Å²) in [6, 6.07) is 9.08. The molecule has 3 rings (SSSR count). The SMILES string of the molecule is C/C(=C1\C(=O)Nc2ccc(NC(=O)CN)cc21)c1ccc[nH]1. The minimum absolute atomic E-state index is 0.0849. The molecule has 0 atom stereocenters. The van der Waals surface area contributed by atoms with Crippen LogP contribution in [0.25, 0.3) is 11.1 Å². The molecule has 2 heterocycles. The topological polar surface area (TPSA) is 100 Å². The number of aromatic amines is 1. The molecule has 0 saturated carbocycles. The number of hydrogen-bond donors (Lipinski definition) is 4. The molecule has 22 heavy (non-hydrogen) atoms. The van der Waals surface area contributed by atoms with Crippen molar-refractivity contribution in [3.63, 3.8) is 0 Å². The van der Waals surface area contributed by atoms with E-state index in [9.17, 15) is 9.59 Å². The summed E-state index contributed by atoms with van der Waals surface area (Å²) in [6.45, 7) is 1.81. The number of nitrogens with two attached hydrogens (primary N) is 1. The van der Waals surface area contributed by atoms with Crippen LogP contribution in [-0.2, 0) is 9.59 Å². The average molecular weight is 296 g/mol. The number of benzene rings is 1. The van der Waals surface area contributed by atoms with Gasteiger partial charge in [-0.05, 0) is 42.8 Å². The summed E-state index contributed by atoms with van der Waals surface area (Å²) in [6.07, 6.45) is 1.81. The number of carbonyl (C=O) groups is 2. The summed E-state index contributed by atoms with van der Waals surface area (Å²) in [5, 5.41) is 5.53. The predicted octanol–water partition coefficient (Wildman–Crippen LogP) is 1.79. The van der Waals surface area contributed by atoms with Gasteiger partial charge >= 0.3 is 0 Å². The molecule has 0 saturated heterocycles. The van der Waals surface area contributed by atoms with E-state index in [2.05, 4.69) is 15.6 Å². The number of carbonyl (C=O) groups excluding carboxylic acids is 2. The molecule has 1 aromatic heterocycles. The van der Waals surface area contributed by atoms with E-state index >= 15 is 0 Å². The fraction of sp³-hybridized carbons (Fsp3) is 0.125. The van der Waals surface area contributed by atoms with E-state index in [1.807, 2.05) is 25.3 Å². The highest BCUT2D eigenvalue weighted by Gasteiger charge is 2.27. The van der Waals surface area contributed by atoms with Gasteiger partial charge in [0.2, 0.25) is 5.91 Å². The summed E-state index contributed by atoms with van der Waals surface area (Å²) in [4.78, 5) is 26.8. The van der Waals surface area contributed by atoms with Gasteiger partial charge in [0.25, 0.3) is 5.91 Å². The first-order valence-electron chi connectivity index (χ1n) is 6.90. The third kappa shape index (κ3) is 2.40. The molecule has 6 nitrogen and oxygen atoms in total. The van der Waals surface area contributed by atoms with Crippen molar-refractivity contribution in [2.75, 3.05) is 17.2 Å². The monoisotopic (exact) mass is 296 g/mol. The minimum atomic E-state index is -0.274. The lowest BCUT2D eigenvalue weighted by molar-refractivity contribution is -0.115. The van der Waals surface area contributed by atoms with Crippen LogP contribution in [-0.4, -0.2) is 23.3 Å². The second kappa shape index (κ2) is 5.50. The standard InChI is InChI=1S/C16H16N4O2/c1-9(12-3-2-6-18-12)15-11-7-10(19-14(21)8-17)4-5-13(11)20-16(15)22/h2-7,18H,8,17H2,1H3,(H,19,21)(H,20,22)/b15-9+. The Kier molecular flexibility index (Phi) is 3.52. The molecule has 0 bridgehead atoms. The van der Waals surface area contributed by atoms with E-state index in [0.29, 0.717) is 11.3 Å². The Labute approximate surface area is 127 Å². The fourth-order valence-corrected chi connectivity index (χ4v) is 2.53. The largest absolute Gasteiger partial charge is 0.361 e. The van der Waals surface area contributed by atoms with Crippen molar-refractivity contribution >= 4 is 34.3 Å². The fourth-order valence-electron chi connectivity index (χ4n) is 2.53. The summed E-state index contributed by atoms with van der Waals surface area (Å²) < 4.78 is 0. The number of aromatic nitrogens is 1. The van der Waals surface area contributed by atoms with Crippen LogP contribution in [0.1, 0.15) is 18.2 Å². The number of rotatable bonds is 3. The maximum absolute atomic E-state index is 12.3. The number of anilines is 2. The molecule has 5 N–H and O–H groups in total. The predicted molar refractivity (Wildman–Crippen MR) is 86.0 cm³/mol. The van der Waals surface area contributed by atoms with Crippen LogP contribution in [0, 0.1) is 0 Å². The Morgan fingerprint density at radius 2 is 2.14 bits per heavy atom. The summed E-state index contributed by atoms with van der Waals surface area (Å²) in [5.41, 5.74) is 9.75.